The van der Waals surface area contributed by atoms with Crippen molar-refractivity contribution < 1.29 is 9.47 Å². The van der Waals surface area contributed by atoms with Gasteiger partial charge in [0.1, 0.15) is 0 Å². The molecule has 2 heteroatoms. The Bertz CT molecular complexity index is 407. The van der Waals surface area contributed by atoms with Crippen LogP contribution in [0.2, 0.25) is 0 Å². The molecule has 0 aliphatic heterocycles. The second-order valence-corrected chi connectivity index (χ2v) is 7.23. The zero-order valence-electron chi connectivity index (χ0n) is 17.1. The lowest BCUT2D eigenvalue weighted by Gasteiger charge is -2.38. The van der Waals surface area contributed by atoms with Gasteiger partial charge < -0.3 is 9.47 Å². The number of benzene rings is 1. The van der Waals surface area contributed by atoms with E-state index in [2.05, 4.69) is 58.0 Å². The Kier molecular flexibility index (Phi) is 11.9. The molecule has 0 fully saturated rings. The highest BCUT2D eigenvalue weighted by Crippen LogP contribution is 2.37. The van der Waals surface area contributed by atoms with E-state index in [1.54, 1.807) is 0 Å². The maximum atomic E-state index is 6.27. The largest absolute Gasteiger partial charge is 0.350 e. The molecule has 1 aromatic carbocycles. The Labute approximate surface area is 156 Å². The number of ether oxygens (including phenoxy) is 2. The zero-order valence-corrected chi connectivity index (χ0v) is 17.1. The molecule has 1 atom stereocenters. The summed E-state index contributed by atoms with van der Waals surface area (Å²) in [6, 6.07) is 10.8. The SMILES string of the molecule is CCCCCCCCC(c1ccccc1)C(C)(OCCC)OCCC. The second-order valence-electron chi connectivity index (χ2n) is 7.23. The van der Waals surface area contributed by atoms with Gasteiger partial charge in [-0.1, -0.05) is 89.6 Å². The summed E-state index contributed by atoms with van der Waals surface area (Å²) in [6.07, 6.45) is 11.1. The Morgan fingerprint density at radius 3 is 1.88 bits per heavy atom. The summed E-state index contributed by atoms with van der Waals surface area (Å²) in [5, 5.41) is 0. The normalized spacial score (nSPS) is 13.1. The van der Waals surface area contributed by atoms with Crippen molar-refractivity contribution in [2.75, 3.05) is 13.2 Å². The van der Waals surface area contributed by atoms with E-state index in [0.29, 0.717) is 0 Å². The van der Waals surface area contributed by atoms with Gasteiger partial charge in [-0.2, -0.15) is 0 Å². The number of rotatable bonds is 15. The predicted octanol–water partition coefficient (Wildman–Crippen LogP) is 7.09. The van der Waals surface area contributed by atoms with E-state index >= 15 is 0 Å². The van der Waals surface area contributed by atoms with Crippen LogP contribution in [0.15, 0.2) is 30.3 Å². The molecule has 0 spiro atoms. The van der Waals surface area contributed by atoms with Gasteiger partial charge in [-0.05, 0) is 31.7 Å². The molecule has 1 aromatic rings. The van der Waals surface area contributed by atoms with E-state index in [9.17, 15) is 0 Å². The molecule has 1 rings (SSSR count). The minimum absolute atomic E-state index is 0.290. The first-order chi connectivity index (χ1) is 12.2. The third kappa shape index (κ3) is 8.37. The maximum Gasteiger partial charge on any atom is 0.172 e. The molecule has 0 saturated carbocycles. The van der Waals surface area contributed by atoms with E-state index in [-0.39, 0.29) is 5.92 Å². The molecule has 0 aliphatic rings. The van der Waals surface area contributed by atoms with Gasteiger partial charge in [-0.25, -0.2) is 0 Å². The first-order valence-electron chi connectivity index (χ1n) is 10.5. The summed E-state index contributed by atoms with van der Waals surface area (Å²) in [4.78, 5) is 0. The molecule has 0 heterocycles. The Hall–Kier alpha value is -0.860. The summed E-state index contributed by atoms with van der Waals surface area (Å²) in [5.74, 6) is -0.241. The van der Waals surface area contributed by atoms with Crippen LogP contribution in [-0.2, 0) is 9.47 Å². The third-order valence-corrected chi connectivity index (χ3v) is 4.87. The zero-order chi connectivity index (χ0) is 18.4. The van der Waals surface area contributed by atoms with E-state index in [4.69, 9.17) is 9.47 Å². The highest BCUT2D eigenvalue weighted by atomic mass is 16.7. The van der Waals surface area contributed by atoms with Crippen molar-refractivity contribution in [2.45, 2.75) is 97.2 Å². The van der Waals surface area contributed by atoms with Crippen LogP contribution in [0, 0.1) is 0 Å². The van der Waals surface area contributed by atoms with Crippen molar-refractivity contribution in [1.29, 1.82) is 0 Å². The molecule has 0 aliphatic carbocycles. The third-order valence-electron chi connectivity index (χ3n) is 4.87. The van der Waals surface area contributed by atoms with Gasteiger partial charge in [0.25, 0.3) is 0 Å². The van der Waals surface area contributed by atoms with Crippen LogP contribution < -0.4 is 0 Å². The summed E-state index contributed by atoms with van der Waals surface area (Å²) in [5.41, 5.74) is 1.34. The topological polar surface area (TPSA) is 18.5 Å². The monoisotopic (exact) mass is 348 g/mol. The lowest BCUT2D eigenvalue weighted by atomic mass is 9.86. The predicted molar refractivity (Wildman–Crippen MR) is 108 cm³/mol. The summed E-state index contributed by atoms with van der Waals surface area (Å²) in [6.45, 7) is 10.2. The van der Waals surface area contributed by atoms with Gasteiger partial charge >= 0.3 is 0 Å². The molecule has 2 nitrogen and oxygen atoms in total. The molecule has 0 amide bonds. The van der Waals surface area contributed by atoms with Gasteiger partial charge in [0.05, 0.1) is 0 Å². The highest BCUT2D eigenvalue weighted by molar-refractivity contribution is 5.21. The Morgan fingerprint density at radius 1 is 0.760 bits per heavy atom. The van der Waals surface area contributed by atoms with Gasteiger partial charge in [0.2, 0.25) is 0 Å². The van der Waals surface area contributed by atoms with Crippen LogP contribution in [0.3, 0.4) is 0 Å². The van der Waals surface area contributed by atoms with E-state index in [1.807, 2.05) is 0 Å². The van der Waals surface area contributed by atoms with E-state index < -0.39 is 5.79 Å². The summed E-state index contributed by atoms with van der Waals surface area (Å²) < 4.78 is 12.5. The minimum Gasteiger partial charge on any atom is -0.350 e. The lowest BCUT2D eigenvalue weighted by molar-refractivity contribution is -0.241. The van der Waals surface area contributed by atoms with Crippen LogP contribution in [0.25, 0.3) is 0 Å². The van der Waals surface area contributed by atoms with Crippen molar-refractivity contribution in [2.24, 2.45) is 0 Å². The fourth-order valence-corrected chi connectivity index (χ4v) is 3.40. The van der Waals surface area contributed by atoms with Crippen LogP contribution in [0.1, 0.15) is 97.0 Å². The van der Waals surface area contributed by atoms with Crippen LogP contribution >= 0.6 is 0 Å². The van der Waals surface area contributed by atoms with Crippen LogP contribution in [-0.4, -0.2) is 19.0 Å². The van der Waals surface area contributed by atoms with E-state index in [1.165, 1.54) is 44.1 Å². The van der Waals surface area contributed by atoms with Crippen molar-refractivity contribution in [3.8, 4) is 0 Å². The average molecular weight is 349 g/mol. The molecule has 0 radical (unpaired) electrons. The van der Waals surface area contributed by atoms with Crippen LogP contribution in [0.4, 0.5) is 0 Å². The first-order valence-corrected chi connectivity index (χ1v) is 10.5. The van der Waals surface area contributed by atoms with Crippen molar-refractivity contribution >= 4 is 0 Å². The lowest BCUT2D eigenvalue weighted by Crippen LogP contribution is -2.40. The number of hydrogen-bond donors (Lipinski definition) is 0. The fourth-order valence-electron chi connectivity index (χ4n) is 3.40. The average Bonchev–Trinajstić information content (AvgIpc) is 2.65. The van der Waals surface area contributed by atoms with E-state index in [0.717, 1.165) is 32.5 Å². The van der Waals surface area contributed by atoms with Crippen molar-refractivity contribution in [3.05, 3.63) is 35.9 Å². The molecule has 25 heavy (non-hydrogen) atoms. The number of hydrogen-bond acceptors (Lipinski definition) is 2. The maximum absolute atomic E-state index is 6.27. The molecule has 0 saturated heterocycles. The molecule has 144 valence electrons. The van der Waals surface area contributed by atoms with Gasteiger partial charge in [0, 0.05) is 19.1 Å². The van der Waals surface area contributed by atoms with Gasteiger partial charge in [-0.3, -0.25) is 0 Å². The number of unbranched alkanes of at least 4 members (excludes halogenated alkanes) is 5. The molecule has 0 aromatic heterocycles. The Balaban J connectivity index is 2.79. The molecular formula is C23H40O2. The van der Waals surface area contributed by atoms with Gasteiger partial charge in [-0.15, -0.1) is 0 Å². The summed E-state index contributed by atoms with van der Waals surface area (Å²) >= 11 is 0. The molecule has 1 unspecified atom stereocenters. The quantitative estimate of drug-likeness (QED) is 0.249. The standard InChI is InChI=1S/C23H40O2/c1-5-8-9-10-11-15-18-22(21-16-13-12-14-17-21)23(4,24-19-6-2)25-20-7-3/h12-14,16-17,22H,5-11,15,18-20H2,1-4H3. The highest BCUT2D eigenvalue weighted by Gasteiger charge is 2.36. The Morgan fingerprint density at radius 2 is 1.32 bits per heavy atom. The summed E-state index contributed by atoms with van der Waals surface area (Å²) in [7, 11) is 0. The minimum atomic E-state index is -0.531. The molecule has 0 N–H and O–H groups in total. The van der Waals surface area contributed by atoms with Crippen molar-refractivity contribution in [1.82, 2.24) is 0 Å². The molecular weight excluding hydrogens is 308 g/mol. The van der Waals surface area contributed by atoms with Crippen LogP contribution in [0.5, 0.6) is 0 Å². The fraction of sp³-hybridized carbons (Fsp3) is 0.739. The van der Waals surface area contributed by atoms with Crippen molar-refractivity contribution in [3.63, 3.8) is 0 Å². The smallest absolute Gasteiger partial charge is 0.172 e. The first kappa shape index (κ1) is 22.2. The van der Waals surface area contributed by atoms with Gasteiger partial charge in [0.15, 0.2) is 5.79 Å². The molecule has 0 bridgehead atoms. The second kappa shape index (κ2) is 13.4.